The van der Waals surface area contributed by atoms with E-state index in [1.54, 1.807) is 0 Å². The van der Waals surface area contributed by atoms with Gasteiger partial charge in [0.15, 0.2) is 12.4 Å². The first-order valence-electron chi connectivity index (χ1n) is 16.9. The van der Waals surface area contributed by atoms with Crippen LogP contribution in [0.3, 0.4) is 0 Å². The fraction of sp³-hybridized carbons (Fsp3) is 0.938. The van der Waals surface area contributed by atoms with Gasteiger partial charge in [-0.2, -0.15) is 0 Å². The largest absolute Gasteiger partial charge is 0.463 e. The van der Waals surface area contributed by atoms with E-state index < -0.39 is 86.6 Å². The molecule has 45 heavy (non-hydrogen) atoms. The SMILES string of the molecule is CCCCCCCCCC(=O)OC[C@H]1O[C@H](O[C@]2(CO)O[C@H](CO)[C@@H](O)[C@@H]2OC(=O)CCCCCCCCC)[C@H](O)[C@@H](O)[C@@H]1O. The Morgan fingerprint density at radius 1 is 0.667 bits per heavy atom. The van der Waals surface area contributed by atoms with Crippen molar-refractivity contribution in [2.24, 2.45) is 0 Å². The average molecular weight is 651 g/mol. The van der Waals surface area contributed by atoms with Crippen molar-refractivity contribution in [1.29, 1.82) is 0 Å². The first-order valence-corrected chi connectivity index (χ1v) is 16.9. The lowest BCUT2D eigenvalue weighted by Crippen LogP contribution is -2.63. The molecule has 0 radical (unpaired) electrons. The molecule has 0 aromatic rings. The van der Waals surface area contributed by atoms with Gasteiger partial charge in [0, 0.05) is 12.8 Å². The van der Waals surface area contributed by atoms with E-state index >= 15 is 0 Å². The quantitative estimate of drug-likeness (QED) is 0.0693. The summed E-state index contributed by atoms with van der Waals surface area (Å²) in [7, 11) is 0. The van der Waals surface area contributed by atoms with E-state index in [0.29, 0.717) is 12.8 Å². The lowest BCUT2D eigenvalue weighted by Gasteiger charge is -2.43. The molecule has 6 N–H and O–H groups in total. The Hall–Kier alpha value is -1.42. The van der Waals surface area contributed by atoms with Gasteiger partial charge >= 0.3 is 11.9 Å². The van der Waals surface area contributed by atoms with Crippen LogP contribution in [0, 0.1) is 0 Å². The molecule has 2 heterocycles. The summed E-state index contributed by atoms with van der Waals surface area (Å²) in [5.74, 6) is -3.47. The Bertz CT molecular complexity index is 829. The van der Waals surface area contributed by atoms with E-state index in [1.165, 1.54) is 12.8 Å². The maximum absolute atomic E-state index is 12.7. The summed E-state index contributed by atoms with van der Waals surface area (Å²) in [6.07, 6.45) is 1.33. The first-order chi connectivity index (χ1) is 21.6. The number of carbonyl (C=O) groups excluding carboxylic acids is 2. The number of ether oxygens (including phenoxy) is 5. The Morgan fingerprint density at radius 2 is 1.20 bits per heavy atom. The van der Waals surface area contributed by atoms with E-state index in [4.69, 9.17) is 23.7 Å². The predicted octanol–water partition coefficient (Wildman–Crippen LogP) is 1.99. The molecule has 0 aromatic carbocycles. The lowest BCUT2D eigenvalue weighted by molar-refractivity contribution is -0.383. The number of unbranched alkanes of at least 4 members (excludes halogenated alkanes) is 12. The van der Waals surface area contributed by atoms with E-state index in [2.05, 4.69) is 13.8 Å². The van der Waals surface area contributed by atoms with Crippen LogP contribution in [-0.4, -0.2) is 117 Å². The van der Waals surface area contributed by atoms with E-state index in [0.717, 1.165) is 64.2 Å². The first kappa shape index (κ1) is 39.8. The minimum atomic E-state index is -2.28. The second-order valence-corrected chi connectivity index (χ2v) is 12.3. The Morgan fingerprint density at radius 3 is 1.73 bits per heavy atom. The number of hydrogen-bond acceptors (Lipinski definition) is 13. The Balaban J connectivity index is 1.97. The highest BCUT2D eigenvalue weighted by atomic mass is 16.8. The molecular formula is C32H58O13. The molecule has 2 rings (SSSR count). The van der Waals surface area contributed by atoms with Crippen LogP contribution in [0.2, 0.25) is 0 Å². The van der Waals surface area contributed by atoms with Gasteiger partial charge in [-0.1, -0.05) is 90.9 Å². The zero-order valence-corrected chi connectivity index (χ0v) is 27.1. The van der Waals surface area contributed by atoms with Crippen molar-refractivity contribution in [1.82, 2.24) is 0 Å². The molecule has 2 fully saturated rings. The minimum absolute atomic E-state index is 0.0437. The Kier molecular flexibility index (Phi) is 19.0. The highest BCUT2D eigenvalue weighted by Gasteiger charge is 2.60. The normalized spacial score (nSPS) is 31.6. The summed E-state index contributed by atoms with van der Waals surface area (Å²) in [6.45, 7) is 2.14. The highest BCUT2D eigenvalue weighted by molar-refractivity contribution is 5.70. The lowest BCUT2D eigenvalue weighted by atomic mass is 9.98. The monoisotopic (exact) mass is 650 g/mol. The molecule has 2 saturated heterocycles. The van der Waals surface area contributed by atoms with Gasteiger partial charge in [0.2, 0.25) is 5.79 Å². The number of rotatable bonds is 23. The number of hydrogen-bond donors (Lipinski definition) is 6. The third-order valence-electron chi connectivity index (χ3n) is 8.50. The van der Waals surface area contributed by atoms with Crippen molar-refractivity contribution in [3.8, 4) is 0 Å². The van der Waals surface area contributed by atoms with Gasteiger partial charge in [0.1, 0.15) is 49.8 Å². The molecule has 13 heteroatoms. The Labute approximate surface area is 267 Å². The molecule has 13 nitrogen and oxygen atoms in total. The highest BCUT2D eigenvalue weighted by Crippen LogP contribution is 2.38. The fourth-order valence-corrected chi connectivity index (χ4v) is 5.66. The van der Waals surface area contributed by atoms with Crippen LogP contribution in [0.4, 0.5) is 0 Å². The van der Waals surface area contributed by atoms with Gasteiger partial charge in [-0.3, -0.25) is 9.59 Å². The average Bonchev–Trinajstić information content (AvgIpc) is 3.29. The molecule has 0 aromatic heterocycles. The van der Waals surface area contributed by atoms with Crippen LogP contribution in [0.25, 0.3) is 0 Å². The molecule has 2 aliphatic heterocycles. The van der Waals surface area contributed by atoms with E-state index in [9.17, 15) is 40.2 Å². The van der Waals surface area contributed by atoms with Crippen molar-refractivity contribution >= 4 is 11.9 Å². The van der Waals surface area contributed by atoms with Crippen molar-refractivity contribution in [3.05, 3.63) is 0 Å². The second-order valence-electron chi connectivity index (χ2n) is 12.3. The number of carbonyl (C=O) groups is 2. The molecule has 0 amide bonds. The van der Waals surface area contributed by atoms with Crippen LogP contribution in [-0.2, 0) is 33.3 Å². The van der Waals surface area contributed by atoms with Crippen molar-refractivity contribution in [2.45, 2.75) is 171 Å². The summed E-state index contributed by atoms with van der Waals surface area (Å²) in [6, 6.07) is 0. The van der Waals surface area contributed by atoms with Gasteiger partial charge in [0.05, 0.1) is 6.61 Å². The maximum atomic E-state index is 12.7. The second kappa shape index (κ2) is 21.5. The standard InChI is InChI=1S/C32H58O13/c1-3-5-7-9-11-13-15-17-24(35)41-20-23-26(37)28(39)29(40)31(42-23)45-32(21-34)30(27(38)22(19-33)44-32)43-25(36)18-16-14-12-10-8-6-4-2/h22-23,26-31,33-34,37-40H,3-21H2,1-2H3/t22-,23-,26-,27-,28+,29-,30+,31-,32+/m1/s1. The summed E-state index contributed by atoms with van der Waals surface area (Å²) >= 11 is 0. The van der Waals surface area contributed by atoms with Crippen molar-refractivity contribution in [3.63, 3.8) is 0 Å². The van der Waals surface area contributed by atoms with Crippen LogP contribution in [0.15, 0.2) is 0 Å². The van der Waals surface area contributed by atoms with E-state index in [1.807, 2.05) is 0 Å². The number of aliphatic hydroxyl groups is 6. The summed E-state index contributed by atoms with van der Waals surface area (Å²) in [4.78, 5) is 25.0. The van der Waals surface area contributed by atoms with Crippen LogP contribution in [0.1, 0.15) is 117 Å². The molecular weight excluding hydrogens is 592 g/mol. The van der Waals surface area contributed by atoms with Gasteiger partial charge in [0.25, 0.3) is 0 Å². The molecule has 2 aliphatic rings. The van der Waals surface area contributed by atoms with Crippen LogP contribution < -0.4 is 0 Å². The van der Waals surface area contributed by atoms with Crippen molar-refractivity contribution < 1.29 is 63.9 Å². The topological polar surface area (TPSA) is 202 Å². The molecule has 9 atom stereocenters. The molecule has 0 aliphatic carbocycles. The van der Waals surface area contributed by atoms with Gasteiger partial charge < -0.3 is 54.3 Å². The van der Waals surface area contributed by atoms with E-state index in [-0.39, 0.29) is 12.8 Å². The van der Waals surface area contributed by atoms with Gasteiger partial charge in [-0.25, -0.2) is 0 Å². The fourth-order valence-electron chi connectivity index (χ4n) is 5.66. The zero-order valence-electron chi connectivity index (χ0n) is 27.1. The maximum Gasteiger partial charge on any atom is 0.306 e. The molecule has 0 saturated carbocycles. The van der Waals surface area contributed by atoms with Crippen LogP contribution in [0.5, 0.6) is 0 Å². The molecule has 0 bridgehead atoms. The molecule has 0 unspecified atom stereocenters. The number of esters is 2. The minimum Gasteiger partial charge on any atom is -0.463 e. The molecule has 264 valence electrons. The third kappa shape index (κ3) is 12.6. The van der Waals surface area contributed by atoms with Crippen molar-refractivity contribution in [2.75, 3.05) is 19.8 Å². The molecule has 0 spiro atoms. The van der Waals surface area contributed by atoms with Gasteiger partial charge in [-0.15, -0.1) is 0 Å². The summed E-state index contributed by atoms with van der Waals surface area (Å²) < 4.78 is 27.8. The predicted molar refractivity (Wildman–Crippen MR) is 162 cm³/mol. The van der Waals surface area contributed by atoms with Crippen LogP contribution >= 0.6 is 0 Å². The third-order valence-corrected chi connectivity index (χ3v) is 8.50. The van der Waals surface area contributed by atoms with Gasteiger partial charge in [-0.05, 0) is 12.8 Å². The smallest absolute Gasteiger partial charge is 0.306 e. The summed E-state index contributed by atoms with van der Waals surface area (Å²) in [5, 5.41) is 62.5. The summed E-state index contributed by atoms with van der Waals surface area (Å²) in [5.41, 5.74) is 0. The zero-order chi connectivity index (χ0) is 33.2. The number of aliphatic hydroxyl groups excluding tert-OH is 6.